The zero-order valence-electron chi connectivity index (χ0n) is 18.0. The third-order valence-corrected chi connectivity index (χ3v) is 5.14. The van der Waals surface area contributed by atoms with E-state index >= 15 is 0 Å². The number of fused-ring (bicyclic) bond motifs is 1. The van der Waals surface area contributed by atoms with Crippen LogP contribution in [0.4, 0.5) is 5.69 Å². The molecule has 0 saturated heterocycles. The van der Waals surface area contributed by atoms with Gasteiger partial charge >= 0.3 is 5.69 Å². The molecule has 0 spiro atoms. The van der Waals surface area contributed by atoms with Crippen LogP contribution in [0.2, 0.25) is 0 Å². The van der Waals surface area contributed by atoms with Crippen LogP contribution in [0.5, 0.6) is 5.75 Å². The number of rotatable bonds is 5. The fraction of sp³-hybridized carbons (Fsp3) is 0.167. The average molecular weight is 430 g/mol. The minimum atomic E-state index is -0.474. The van der Waals surface area contributed by atoms with Crippen molar-refractivity contribution in [3.63, 3.8) is 0 Å². The normalized spacial score (nSPS) is 10.8. The first-order valence-corrected chi connectivity index (χ1v) is 9.99. The quantitative estimate of drug-likeness (QED) is 0.525. The van der Waals surface area contributed by atoms with Crippen LogP contribution in [-0.4, -0.2) is 20.0 Å². The molecule has 0 aliphatic carbocycles. The van der Waals surface area contributed by atoms with Crippen molar-refractivity contribution >= 4 is 22.6 Å². The lowest BCUT2D eigenvalue weighted by Crippen LogP contribution is -2.37. The maximum absolute atomic E-state index is 12.8. The Balaban J connectivity index is 1.54. The van der Waals surface area contributed by atoms with Crippen molar-refractivity contribution in [1.29, 1.82) is 0 Å². The molecule has 8 heteroatoms. The Kier molecular flexibility index (Phi) is 5.59. The second-order valence-electron chi connectivity index (χ2n) is 7.56. The number of ether oxygens (including phenoxy) is 1. The van der Waals surface area contributed by atoms with E-state index in [1.807, 2.05) is 31.2 Å². The molecular formula is C24H22N4O4. The molecular weight excluding hydrogens is 408 g/mol. The van der Waals surface area contributed by atoms with Crippen LogP contribution in [0.1, 0.15) is 21.5 Å². The molecule has 0 atom stereocenters. The number of hydrogen-bond donors (Lipinski definition) is 1. The monoisotopic (exact) mass is 430 g/mol. The van der Waals surface area contributed by atoms with E-state index < -0.39 is 11.2 Å². The number of carbonyl (C=O) groups is 1. The molecule has 2 aromatic heterocycles. The Bertz CT molecular complexity index is 1450. The van der Waals surface area contributed by atoms with Crippen LogP contribution in [-0.2, 0) is 20.7 Å². The molecule has 0 unspecified atom stereocenters. The van der Waals surface area contributed by atoms with Gasteiger partial charge in [0, 0.05) is 19.7 Å². The largest absolute Gasteiger partial charge is 0.489 e. The Morgan fingerprint density at radius 3 is 2.59 bits per heavy atom. The van der Waals surface area contributed by atoms with E-state index in [4.69, 9.17) is 4.74 Å². The second-order valence-corrected chi connectivity index (χ2v) is 7.56. The molecule has 0 aliphatic heterocycles. The van der Waals surface area contributed by atoms with Gasteiger partial charge in [-0.25, -0.2) is 9.78 Å². The molecule has 2 heterocycles. The van der Waals surface area contributed by atoms with Crippen LogP contribution in [0.3, 0.4) is 0 Å². The summed E-state index contributed by atoms with van der Waals surface area (Å²) in [7, 11) is 2.94. The summed E-state index contributed by atoms with van der Waals surface area (Å²) in [5.41, 5.74) is 2.26. The van der Waals surface area contributed by atoms with Crippen LogP contribution in [0.15, 0.2) is 70.4 Å². The third-order valence-electron chi connectivity index (χ3n) is 5.14. The van der Waals surface area contributed by atoms with Crippen LogP contribution in [0, 0.1) is 6.92 Å². The minimum absolute atomic E-state index is 0.239. The Morgan fingerprint density at radius 1 is 1.03 bits per heavy atom. The minimum Gasteiger partial charge on any atom is -0.489 e. The molecule has 0 saturated carbocycles. The number of hydrogen-bond acceptors (Lipinski definition) is 5. The maximum Gasteiger partial charge on any atom is 0.332 e. The highest BCUT2D eigenvalue weighted by molar-refractivity contribution is 6.05. The first-order valence-electron chi connectivity index (χ1n) is 9.99. The van der Waals surface area contributed by atoms with E-state index in [2.05, 4.69) is 10.3 Å². The summed E-state index contributed by atoms with van der Waals surface area (Å²) < 4.78 is 8.12. The number of aromatic nitrogens is 3. The topological polar surface area (TPSA) is 95.2 Å². The van der Waals surface area contributed by atoms with Gasteiger partial charge in [-0.15, -0.1) is 0 Å². The van der Waals surface area contributed by atoms with Gasteiger partial charge in [-0.2, -0.15) is 0 Å². The van der Waals surface area contributed by atoms with Crippen molar-refractivity contribution in [3.05, 3.63) is 98.3 Å². The summed E-state index contributed by atoms with van der Waals surface area (Å²) in [6.45, 7) is 2.41. The second kappa shape index (κ2) is 8.50. The highest BCUT2D eigenvalue weighted by atomic mass is 16.5. The molecule has 32 heavy (non-hydrogen) atoms. The van der Waals surface area contributed by atoms with Gasteiger partial charge in [-0.3, -0.25) is 18.7 Å². The lowest BCUT2D eigenvalue weighted by molar-refractivity contribution is 0.102. The SMILES string of the molecule is Cc1cccc(COc2cccc(C(=O)Nc3cnc4c(c3)c(=O)n(C)c(=O)n4C)c2)c1. The van der Waals surface area contributed by atoms with Crippen LogP contribution >= 0.6 is 0 Å². The van der Waals surface area contributed by atoms with Crippen molar-refractivity contribution in [2.75, 3.05) is 5.32 Å². The van der Waals surface area contributed by atoms with Crippen molar-refractivity contribution in [1.82, 2.24) is 14.1 Å². The molecule has 4 aromatic rings. The van der Waals surface area contributed by atoms with E-state index in [1.165, 1.54) is 30.9 Å². The molecule has 0 fully saturated rings. The summed E-state index contributed by atoms with van der Waals surface area (Å²) >= 11 is 0. The summed E-state index contributed by atoms with van der Waals surface area (Å²) in [6.07, 6.45) is 1.41. The molecule has 1 N–H and O–H groups in total. The van der Waals surface area contributed by atoms with Crippen molar-refractivity contribution in [3.8, 4) is 5.75 Å². The van der Waals surface area contributed by atoms with E-state index in [1.54, 1.807) is 24.3 Å². The lowest BCUT2D eigenvalue weighted by atomic mass is 10.1. The fourth-order valence-corrected chi connectivity index (χ4v) is 3.43. The smallest absolute Gasteiger partial charge is 0.332 e. The highest BCUT2D eigenvalue weighted by Gasteiger charge is 2.13. The van der Waals surface area contributed by atoms with E-state index in [-0.39, 0.29) is 16.9 Å². The first kappa shape index (κ1) is 21.0. The average Bonchev–Trinajstić information content (AvgIpc) is 2.80. The number of carbonyl (C=O) groups excluding carboxylic acids is 1. The Morgan fingerprint density at radius 2 is 1.81 bits per heavy atom. The number of amides is 1. The third kappa shape index (κ3) is 4.15. The van der Waals surface area contributed by atoms with E-state index in [0.717, 1.165) is 15.7 Å². The summed E-state index contributed by atoms with van der Waals surface area (Å²) in [5, 5.41) is 2.99. The summed E-state index contributed by atoms with van der Waals surface area (Å²) in [6, 6.07) is 16.4. The first-order chi connectivity index (χ1) is 15.3. The van der Waals surface area contributed by atoms with Gasteiger partial charge in [0.05, 0.1) is 17.3 Å². The molecule has 2 aromatic carbocycles. The molecule has 0 bridgehead atoms. The zero-order chi connectivity index (χ0) is 22.8. The van der Waals surface area contributed by atoms with Gasteiger partial charge in [0.15, 0.2) is 0 Å². The number of benzene rings is 2. The molecule has 4 rings (SSSR count). The standard InChI is InChI=1S/C24H22N4O4/c1-15-6-4-7-16(10-15)14-32-19-9-5-8-17(11-19)22(29)26-18-12-20-21(25-13-18)27(2)24(31)28(3)23(20)30/h4-13H,14H2,1-3H3,(H,26,29). The molecule has 0 aliphatic rings. The van der Waals surface area contributed by atoms with Crippen LogP contribution in [0.25, 0.3) is 11.0 Å². The Hall–Kier alpha value is -4.20. The zero-order valence-corrected chi connectivity index (χ0v) is 18.0. The number of nitrogens with zero attached hydrogens (tertiary/aromatic N) is 3. The number of nitrogens with one attached hydrogen (secondary N) is 1. The van der Waals surface area contributed by atoms with E-state index in [0.29, 0.717) is 23.6 Å². The van der Waals surface area contributed by atoms with E-state index in [9.17, 15) is 14.4 Å². The van der Waals surface area contributed by atoms with Gasteiger partial charge in [0.2, 0.25) is 0 Å². The fourth-order valence-electron chi connectivity index (χ4n) is 3.43. The molecule has 1 amide bonds. The van der Waals surface area contributed by atoms with Gasteiger partial charge in [0.1, 0.15) is 18.0 Å². The van der Waals surface area contributed by atoms with Gasteiger partial charge in [0.25, 0.3) is 11.5 Å². The molecule has 8 nitrogen and oxygen atoms in total. The number of aryl methyl sites for hydroxylation is 2. The lowest BCUT2D eigenvalue weighted by Gasteiger charge is -2.10. The molecule has 0 radical (unpaired) electrons. The maximum atomic E-state index is 12.8. The van der Waals surface area contributed by atoms with Crippen molar-refractivity contribution in [2.45, 2.75) is 13.5 Å². The number of pyridine rings is 1. The van der Waals surface area contributed by atoms with Crippen LogP contribution < -0.4 is 21.3 Å². The van der Waals surface area contributed by atoms with Gasteiger partial charge in [-0.1, -0.05) is 35.9 Å². The van der Waals surface area contributed by atoms with Gasteiger partial charge in [-0.05, 0) is 36.8 Å². The van der Waals surface area contributed by atoms with Gasteiger partial charge < -0.3 is 10.1 Å². The molecule has 162 valence electrons. The van der Waals surface area contributed by atoms with Crippen molar-refractivity contribution in [2.24, 2.45) is 14.1 Å². The Labute approximate surface area is 183 Å². The summed E-state index contributed by atoms with van der Waals surface area (Å²) in [4.78, 5) is 41.4. The summed E-state index contributed by atoms with van der Waals surface area (Å²) in [5.74, 6) is 0.202. The predicted molar refractivity (Wildman–Crippen MR) is 122 cm³/mol. The highest BCUT2D eigenvalue weighted by Crippen LogP contribution is 2.18. The number of anilines is 1. The van der Waals surface area contributed by atoms with Crippen molar-refractivity contribution < 1.29 is 9.53 Å². The predicted octanol–water partition coefficient (Wildman–Crippen LogP) is 2.77.